The van der Waals surface area contributed by atoms with E-state index in [1.807, 2.05) is 36.6 Å². The fraction of sp³-hybridized carbons (Fsp3) is 0.250. The van der Waals surface area contributed by atoms with Gasteiger partial charge < -0.3 is 0 Å². The predicted molar refractivity (Wildman–Crippen MR) is 81.0 cm³/mol. The summed E-state index contributed by atoms with van der Waals surface area (Å²) in [7, 11) is -3.39. The zero-order valence-corrected chi connectivity index (χ0v) is 12.8. The molecule has 1 aromatic carbocycles. The summed E-state index contributed by atoms with van der Waals surface area (Å²) >= 11 is 2.93. The van der Waals surface area contributed by atoms with Gasteiger partial charge in [-0.3, -0.25) is 0 Å². The highest BCUT2D eigenvalue weighted by Crippen LogP contribution is 2.28. The van der Waals surface area contributed by atoms with Crippen LogP contribution in [0.15, 0.2) is 34.0 Å². The number of sulfonamides is 1. The molecule has 0 amide bonds. The van der Waals surface area contributed by atoms with Crippen LogP contribution in [0.1, 0.15) is 5.56 Å². The molecular formula is C12H14N2O2S3. The first-order chi connectivity index (χ1) is 8.94. The Hall–Kier alpha value is -0.890. The van der Waals surface area contributed by atoms with Gasteiger partial charge in [-0.05, 0) is 6.92 Å². The van der Waals surface area contributed by atoms with E-state index in [1.165, 1.54) is 28.7 Å². The van der Waals surface area contributed by atoms with E-state index in [0.717, 1.165) is 15.6 Å². The van der Waals surface area contributed by atoms with Crippen LogP contribution < -0.4 is 5.14 Å². The van der Waals surface area contributed by atoms with Crippen LogP contribution in [0, 0.1) is 6.92 Å². The maximum absolute atomic E-state index is 10.8. The van der Waals surface area contributed by atoms with Crippen molar-refractivity contribution in [2.75, 3.05) is 11.5 Å². The first-order valence-corrected chi connectivity index (χ1v) is 9.18. The number of rotatable bonds is 5. The minimum absolute atomic E-state index is 0.0306. The van der Waals surface area contributed by atoms with Gasteiger partial charge in [0.25, 0.3) is 0 Å². The van der Waals surface area contributed by atoms with E-state index in [9.17, 15) is 8.42 Å². The van der Waals surface area contributed by atoms with E-state index in [1.54, 1.807) is 0 Å². The van der Waals surface area contributed by atoms with Crippen molar-refractivity contribution in [3.63, 3.8) is 0 Å². The van der Waals surface area contributed by atoms with Crippen molar-refractivity contribution in [3.8, 4) is 11.3 Å². The molecule has 1 aromatic heterocycles. The molecule has 0 radical (unpaired) electrons. The lowest BCUT2D eigenvalue weighted by Crippen LogP contribution is -2.17. The van der Waals surface area contributed by atoms with E-state index in [-0.39, 0.29) is 5.75 Å². The highest BCUT2D eigenvalue weighted by Gasteiger charge is 2.07. The van der Waals surface area contributed by atoms with Gasteiger partial charge in [0, 0.05) is 16.7 Å². The molecule has 0 aliphatic rings. The predicted octanol–water partition coefficient (Wildman–Crippen LogP) is 2.50. The number of aryl methyl sites for hydroxylation is 1. The molecule has 2 N–H and O–H groups in total. The molecule has 1 heterocycles. The normalized spacial score (nSPS) is 11.7. The van der Waals surface area contributed by atoms with Crippen LogP contribution >= 0.6 is 23.1 Å². The second-order valence-corrected chi connectivity index (χ2v) is 8.01. The van der Waals surface area contributed by atoms with Gasteiger partial charge in [-0.15, -0.1) is 11.3 Å². The molecule has 0 bridgehead atoms. The Balaban J connectivity index is 2.01. The lowest BCUT2D eigenvalue weighted by Gasteiger charge is -1.97. The Bertz CT molecular complexity index is 648. The molecule has 7 heteroatoms. The number of thiazole rings is 1. The second-order valence-electron chi connectivity index (χ2n) is 4.08. The average Bonchev–Trinajstić information content (AvgIpc) is 2.77. The number of nitrogens with zero attached hydrogens (tertiary/aromatic N) is 1. The number of primary sulfonamides is 1. The molecule has 4 nitrogen and oxygen atoms in total. The van der Waals surface area contributed by atoms with E-state index >= 15 is 0 Å². The Kier molecular flexibility index (Phi) is 4.62. The fourth-order valence-electron chi connectivity index (χ4n) is 1.43. The van der Waals surface area contributed by atoms with Crippen molar-refractivity contribution in [2.45, 2.75) is 11.3 Å². The van der Waals surface area contributed by atoms with Crippen molar-refractivity contribution < 1.29 is 8.42 Å². The molecule has 102 valence electrons. The quantitative estimate of drug-likeness (QED) is 0.861. The first-order valence-electron chi connectivity index (χ1n) is 5.60. The highest BCUT2D eigenvalue weighted by molar-refractivity contribution is 8.02. The molecular weight excluding hydrogens is 300 g/mol. The van der Waals surface area contributed by atoms with Crippen LogP contribution in [0.2, 0.25) is 0 Å². The molecule has 0 fully saturated rings. The first kappa shape index (κ1) is 14.5. The fourth-order valence-corrected chi connectivity index (χ4v) is 4.24. The van der Waals surface area contributed by atoms with Gasteiger partial charge in [0.1, 0.15) is 0 Å². The number of nitrogens with two attached hydrogens (primary N) is 1. The van der Waals surface area contributed by atoms with Crippen LogP contribution in [0.4, 0.5) is 0 Å². The SMILES string of the molecule is Cc1ccc(-c2csc(SCCS(N)(=O)=O)n2)cc1. The molecule has 0 aliphatic heterocycles. The van der Waals surface area contributed by atoms with Crippen molar-refractivity contribution in [3.05, 3.63) is 35.2 Å². The summed E-state index contributed by atoms with van der Waals surface area (Å²) in [4.78, 5) is 4.48. The standard InChI is InChI=1S/C12H14N2O2S3/c1-9-2-4-10(5-3-9)11-8-18-12(14-11)17-6-7-19(13,15)16/h2-5,8H,6-7H2,1H3,(H2,13,15,16). The molecule has 0 unspecified atom stereocenters. The Morgan fingerprint density at radius 3 is 2.63 bits per heavy atom. The number of benzene rings is 1. The minimum Gasteiger partial charge on any atom is -0.230 e. The van der Waals surface area contributed by atoms with Gasteiger partial charge in [-0.1, -0.05) is 41.6 Å². The Morgan fingerprint density at radius 1 is 1.32 bits per heavy atom. The zero-order chi connectivity index (χ0) is 13.9. The summed E-state index contributed by atoms with van der Waals surface area (Å²) in [5, 5.41) is 6.93. The summed E-state index contributed by atoms with van der Waals surface area (Å²) in [6, 6.07) is 8.15. The smallest absolute Gasteiger partial charge is 0.209 e. The van der Waals surface area contributed by atoms with E-state index in [2.05, 4.69) is 4.98 Å². The minimum atomic E-state index is -3.39. The Morgan fingerprint density at radius 2 is 2.00 bits per heavy atom. The molecule has 19 heavy (non-hydrogen) atoms. The molecule has 0 spiro atoms. The van der Waals surface area contributed by atoms with E-state index in [0.29, 0.717) is 5.75 Å². The van der Waals surface area contributed by atoms with Gasteiger partial charge in [0.05, 0.1) is 11.4 Å². The maximum atomic E-state index is 10.8. The van der Waals surface area contributed by atoms with Crippen LogP contribution in [-0.4, -0.2) is 24.9 Å². The third-order valence-corrected chi connectivity index (χ3v) is 5.48. The third kappa shape index (κ3) is 4.61. The number of hydrogen-bond acceptors (Lipinski definition) is 5. The van der Waals surface area contributed by atoms with Crippen molar-refractivity contribution in [2.24, 2.45) is 5.14 Å². The van der Waals surface area contributed by atoms with Crippen LogP contribution in [0.5, 0.6) is 0 Å². The van der Waals surface area contributed by atoms with Crippen molar-refractivity contribution in [1.29, 1.82) is 0 Å². The van der Waals surface area contributed by atoms with Crippen LogP contribution in [0.25, 0.3) is 11.3 Å². The van der Waals surface area contributed by atoms with E-state index in [4.69, 9.17) is 5.14 Å². The zero-order valence-electron chi connectivity index (χ0n) is 10.4. The molecule has 0 aliphatic carbocycles. The molecule has 2 rings (SSSR count). The third-order valence-electron chi connectivity index (χ3n) is 2.42. The summed E-state index contributed by atoms with van der Waals surface area (Å²) in [6.07, 6.45) is 0. The van der Waals surface area contributed by atoms with Crippen molar-refractivity contribution in [1.82, 2.24) is 4.98 Å². The van der Waals surface area contributed by atoms with Gasteiger partial charge >= 0.3 is 0 Å². The topological polar surface area (TPSA) is 73.1 Å². The van der Waals surface area contributed by atoms with Crippen LogP contribution in [0.3, 0.4) is 0 Å². The highest BCUT2D eigenvalue weighted by atomic mass is 32.2. The lowest BCUT2D eigenvalue weighted by atomic mass is 10.1. The average molecular weight is 314 g/mol. The monoisotopic (exact) mass is 314 g/mol. The summed E-state index contributed by atoms with van der Waals surface area (Å²) in [5.41, 5.74) is 3.20. The van der Waals surface area contributed by atoms with Crippen molar-refractivity contribution >= 4 is 33.1 Å². The lowest BCUT2D eigenvalue weighted by molar-refractivity contribution is 0.599. The van der Waals surface area contributed by atoms with Crippen LogP contribution in [-0.2, 0) is 10.0 Å². The number of thioether (sulfide) groups is 1. The Labute approximate surface area is 121 Å². The van der Waals surface area contributed by atoms with Gasteiger partial charge in [-0.25, -0.2) is 18.5 Å². The van der Waals surface area contributed by atoms with E-state index < -0.39 is 10.0 Å². The second kappa shape index (κ2) is 6.04. The summed E-state index contributed by atoms with van der Waals surface area (Å²) in [6.45, 7) is 2.04. The molecule has 0 atom stereocenters. The molecule has 0 saturated heterocycles. The molecule has 2 aromatic rings. The molecule has 0 saturated carbocycles. The largest absolute Gasteiger partial charge is 0.230 e. The maximum Gasteiger partial charge on any atom is 0.209 e. The number of hydrogen-bond donors (Lipinski definition) is 1. The van der Waals surface area contributed by atoms with Gasteiger partial charge in [-0.2, -0.15) is 0 Å². The van der Waals surface area contributed by atoms with Gasteiger partial charge in [0.15, 0.2) is 4.34 Å². The van der Waals surface area contributed by atoms with Gasteiger partial charge in [0.2, 0.25) is 10.0 Å². The summed E-state index contributed by atoms with van der Waals surface area (Å²) < 4.78 is 22.5. The number of aromatic nitrogens is 1. The summed E-state index contributed by atoms with van der Waals surface area (Å²) in [5.74, 6) is 0.400.